The summed E-state index contributed by atoms with van der Waals surface area (Å²) >= 11 is 3.47. The maximum Gasteiger partial charge on any atom is 0.120 e. The van der Waals surface area contributed by atoms with E-state index in [0.717, 1.165) is 16.5 Å². The fourth-order valence-corrected chi connectivity index (χ4v) is 2.99. The molecule has 0 bridgehead atoms. The molecule has 1 aliphatic carbocycles. The van der Waals surface area contributed by atoms with Gasteiger partial charge in [0.15, 0.2) is 0 Å². The van der Waals surface area contributed by atoms with Crippen molar-refractivity contribution in [2.45, 2.75) is 51.1 Å². The molecule has 1 aromatic carbocycles. The molecule has 2 N–H and O–H groups in total. The highest BCUT2D eigenvalue weighted by atomic mass is 79.9. The molecule has 1 fully saturated rings. The van der Waals surface area contributed by atoms with E-state index in [1.807, 2.05) is 12.1 Å². The molecule has 1 aromatic rings. The summed E-state index contributed by atoms with van der Waals surface area (Å²) in [6, 6.07) is 6.54. The highest BCUT2D eigenvalue weighted by Gasteiger charge is 2.21. The zero-order valence-corrected chi connectivity index (χ0v) is 11.8. The fourth-order valence-electron chi connectivity index (χ4n) is 2.61. The minimum atomic E-state index is 0.260. The molecule has 0 amide bonds. The Kier molecular flexibility index (Phi) is 4.46. The minimum absolute atomic E-state index is 0.260. The van der Waals surface area contributed by atoms with E-state index in [0.29, 0.717) is 11.8 Å². The lowest BCUT2D eigenvalue weighted by Crippen LogP contribution is -2.30. The van der Waals surface area contributed by atoms with Gasteiger partial charge in [0.25, 0.3) is 0 Å². The summed E-state index contributed by atoms with van der Waals surface area (Å²) in [5.74, 6) is 0.394. The van der Waals surface area contributed by atoms with Gasteiger partial charge in [0, 0.05) is 22.1 Å². The number of hydrogen-bond acceptors (Lipinski definition) is 2. The number of nitrogens with one attached hydrogen (secondary N) is 1. The van der Waals surface area contributed by atoms with Crippen LogP contribution in [0.15, 0.2) is 22.7 Å². The topological polar surface area (TPSA) is 32.3 Å². The standard InChI is InChI=1S/C14H20BrNO/c1-2-13(16-11-5-3-4-6-11)12-9-10(15)7-8-14(12)17/h7-9,11,13,16-17H,2-6H2,1H3. The Morgan fingerprint density at radius 2 is 2.12 bits per heavy atom. The van der Waals surface area contributed by atoms with Crippen molar-refractivity contribution in [2.75, 3.05) is 0 Å². The summed E-state index contributed by atoms with van der Waals surface area (Å²) in [6.07, 6.45) is 6.20. The Hall–Kier alpha value is -0.540. The SMILES string of the molecule is CCC(NC1CCCC1)c1cc(Br)ccc1O. The van der Waals surface area contributed by atoms with Crippen LogP contribution in [-0.2, 0) is 0 Å². The van der Waals surface area contributed by atoms with Crippen LogP contribution in [0.3, 0.4) is 0 Å². The van der Waals surface area contributed by atoms with Crippen LogP contribution in [0.5, 0.6) is 5.75 Å². The number of halogens is 1. The molecule has 0 spiro atoms. The van der Waals surface area contributed by atoms with Crippen molar-refractivity contribution >= 4 is 15.9 Å². The predicted octanol–water partition coefficient (Wildman–Crippen LogP) is 4.14. The molecule has 2 nitrogen and oxygen atoms in total. The molecule has 0 aliphatic heterocycles. The van der Waals surface area contributed by atoms with Gasteiger partial charge in [-0.15, -0.1) is 0 Å². The van der Waals surface area contributed by atoms with Gasteiger partial charge in [-0.1, -0.05) is 35.7 Å². The van der Waals surface area contributed by atoms with Gasteiger partial charge in [-0.05, 0) is 37.5 Å². The summed E-state index contributed by atoms with van der Waals surface area (Å²) in [7, 11) is 0. The van der Waals surface area contributed by atoms with Crippen molar-refractivity contribution in [2.24, 2.45) is 0 Å². The van der Waals surface area contributed by atoms with E-state index >= 15 is 0 Å². The number of phenolic OH excluding ortho intramolecular Hbond substituents is 1. The molecule has 2 rings (SSSR count). The van der Waals surface area contributed by atoms with Gasteiger partial charge in [0.05, 0.1) is 0 Å². The molecule has 0 saturated heterocycles. The van der Waals surface area contributed by atoms with Crippen molar-refractivity contribution in [1.29, 1.82) is 0 Å². The van der Waals surface area contributed by atoms with Crippen LogP contribution in [0.4, 0.5) is 0 Å². The van der Waals surface area contributed by atoms with Crippen molar-refractivity contribution in [3.63, 3.8) is 0 Å². The Morgan fingerprint density at radius 1 is 1.41 bits per heavy atom. The lowest BCUT2D eigenvalue weighted by Gasteiger charge is -2.23. The summed E-state index contributed by atoms with van der Waals surface area (Å²) in [6.45, 7) is 2.16. The molecular weight excluding hydrogens is 278 g/mol. The van der Waals surface area contributed by atoms with Crippen LogP contribution in [0, 0.1) is 0 Å². The molecule has 0 aromatic heterocycles. The lowest BCUT2D eigenvalue weighted by atomic mass is 10.0. The quantitative estimate of drug-likeness (QED) is 0.875. The van der Waals surface area contributed by atoms with Crippen LogP contribution in [-0.4, -0.2) is 11.1 Å². The zero-order valence-electron chi connectivity index (χ0n) is 10.2. The second kappa shape index (κ2) is 5.87. The van der Waals surface area contributed by atoms with Crippen LogP contribution in [0.25, 0.3) is 0 Å². The van der Waals surface area contributed by atoms with E-state index in [9.17, 15) is 5.11 Å². The van der Waals surface area contributed by atoms with Gasteiger partial charge in [0.1, 0.15) is 5.75 Å². The van der Waals surface area contributed by atoms with Crippen molar-refractivity contribution in [3.8, 4) is 5.75 Å². The summed E-state index contributed by atoms with van der Waals surface area (Å²) in [4.78, 5) is 0. The van der Waals surface area contributed by atoms with Crippen LogP contribution in [0.1, 0.15) is 50.6 Å². The van der Waals surface area contributed by atoms with E-state index in [1.165, 1.54) is 25.7 Å². The second-order valence-electron chi connectivity index (χ2n) is 4.81. The molecule has 0 radical (unpaired) electrons. The van der Waals surface area contributed by atoms with Gasteiger partial charge in [-0.2, -0.15) is 0 Å². The van der Waals surface area contributed by atoms with E-state index in [4.69, 9.17) is 0 Å². The molecule has 0 heterocycles. The van der Waals surface area contributed by atoms with Crippen molar-refractivity contribution in [1.82, 2.24) is 5.32 Å². The molecule has 1 atom stereocenters. The van der Waals surface area contributed by atoms with Crippen molar-refractivity contribution in [3.05, 3.63) is 28.2 Å². The van der Waals surface area contributed by atoms with Crippen molar-refractivity contribution < 1.29 is 5.11 Å². The Balaban J connectivity index is 2.13. The third kappa shape index (κ3) is 3.23. The van der Waals surface area contributed by atoms with Crippen LogP contribution >= 0.6 is 15.9 Å². The van der Waals surface area contributed by atoms with E-state index < -0.39 is 0 Å². The fraction of sp³-hybridized carbons (Fsp3) is 0.571. The minimum Gasteiger partial charge on any atom is -0.508 e. The first-order valence-corrected chi connectivity index (χ1v) is 7.24. The van der Waals surface area contributed by atoms with Gasteiger partial charge in [-0.3, -0.25) is 0 Å². The van der Waals surface area contributed by atoms with Crippen LogP contribution < -0.4 is 5.32 Å². The molecule has 1 unspecified atom stereocenters. The molecule has 94 valence electrons. The van der Waals surface area contributed by atoms with Gasteiger partial charge < -0.3 is 10.4 Å². The predicted molar refractivity (Wildman–Crippen MR) is 74.2 cm³/mol. The number of aromatic hydroxyl groups is 1. The highest BCUT2D eigenvalue weighted by Crippen LogP contribution is 2.31. The largest absolute Gasteiger partial charge is 0.508 e. The first kappa shape index (κ1) is 12.9. The monoisotopic (exact) mass is 297 g/mol. The average Bonchev–Trinajstić information content (AvgIpc) is 2.82. The average molecular weight is 298 g/mol. The Morgan fingerprint density at radius 3 is 2.76 bits per heavy atom. The molecule has 1 saturated carbocycles. The van der Waals surface area contributed by atoms with Crippen LogP contribution in [0.2, 0.25) is 0 Å². The molecule has 1 aliphatic rings. The Labute approximate surface area is 112 Å². The summed E-state index contributed by atoms with van der Waals surface area (Å²) < 4.78 is 1.02. The van der Waals surface area contributed by atoms with Gasteiger partial charge >= 0.3 is 0 Å². The molecule has 3 heteroatoms. The molecular formula is C14H20BrNO. The molecule has 17 heavy (non-hydrogen) atoms. The van der Waals surface area contributed by atoms with Gasteiger partial charge in [0.2, 0.25) is 0 Å². The number of benzene rings is 1. The van der Waals surface area contributed by atoms with E-state index in [1.54, 1.807) is 6.07 Å². The zero-order chi connectivity index (χ0) is 12.3. The second-order valence-corrected chi connectivity index (χ2v) is 5.73. The van der Waals surface area contributed by atoms with Gasteiger partial charge in [-0.25, -0.2) is 0 Å². The number of rotatable bonds is 4. The smallest absolute Gasteiger partial charge is 0.120 e. The highest BCUT2D eigenvalue weighted by molar-refractivity contribution is 9.10. The summed E-state index contributed by atoms with van der Waals surface area (Å²) in [5.41, 5.74) is 1.01. The maximum atomic E-state index is 9.95. The first-order chi connectivity index (χ1) is 8.20. The normalized spacial score (nSPS) is 18.5. The summed E-state index contributed by atoms with van der Waals surface area (Å²) in [5, 5.41) is 13.6. The van der Waals surface area contributed by atoms with E-state index in [2.05, 4.69) is 28.2 Å². The van der Waals surface area contributed by atoms with E-state index in [-0.39, 0.29) is 6.04 Å². The Bertz CT molecular complexity index is 374. The third-order valence-corrected chi connectivity index (χ3v) is 4.06. The first-order valence-electron chi connectivity index (χ1n) is 6.45. The number of phenols is 1. The third-order valence-electron chi connectivity index (χ3n) is 3.57. The lowest BCUT2D eigenvalue weighted by molar-refractivity contribution is 0.405. The maximum absolute atomic E-state index is 9.95. The number of hydrogen-bond donors (Lipinski definition) is 2.